The zero-order valence-corrected chi connectivity index (χ0v) is 13.2. The van der Waals surface area contributed by atoms with Crippen LogP contribution in [0.2, 0.25) is 5.02 Å². The van der Waals surface area contributed by atoms with Crippen molar-refractivity contribution in [1.29, 1.82) is 0 Å². The molecule has 112 valence electrons. The van der Waals surface area contributed by atoms with E-state index in [1.54, 1.807) is 36.4 Å². The number of halogens is 2. The summed E-state index contributed by atoms with van der Waals surface area (Å²) < 4.78 is 19.4. The van der Waals surface area contributed by atoms with Crippen molar-refractivity contribution >= 4 is 11.6 Å². The molecule has 0 aliphatic rings. The van der Waals surface area contributed by atoms with E-state index in [0.29, 0.717) is 17.3 Å². The van der Waals surface area contributed by atoms with E-state index < -0.39 is 5.82 Å². The van der Waals surface area contributed by atoms with Crippen LogP contribution in [-0.4, -0.2) is 5.54 Å². The van der Waals surface area contributed by atoms with E-state index in [4.69, 9.17) is 16.3 Å². The van der Waals surface area contributed by atoms with Crippen LogP contribution in [0.25, 0.3) is 0 Å². The lowest BCUT2D eigenvalue weighted by Gasteiger charge is -2.22. The summed E-state index contributed by atoms with van der Waals surface area (Å²) in [5.41, 5.74) is 0.770. The zero-order valence-electron chi connectivity index (χ0n) is 12.4. The molecule has 2 rings (SSSR count). The lowest BCUT2D eigenvalue weighted by atomic mass is 10.1. The van der Waals surface area contributed by atoms with Crippen molar-refractivity contribution in [2.45, 2.75) is 32.9 Å². The largest absolute Gasteiger partial charge is 0.454 e. The second-order valence-corrected chi connectivity index (χ2v) is 6.26. The molecule has 0 unspecified atom stereocenters. The molecule has 0 spiro atoms. The molecule has 21 heavy (non-hydrogen) atoms. The molecule has 0 amide bonds. The summed E-state index contributed by atoms with van der Waals surface area (Å²) in [4.78, 5) is 0. The molecule has 0 aromatic heterocycles. The van der Waals surface area contributed by atoms with Crippen molar-refractivity contribution in [2.75, 3.05) is 0 Å². The van der Waals surface area contributed by atoms with E-state index in [2.05, 4.69) is 26.1 Å². The van der Waals surface area contributed by atoms with Crippen LogP contribution in [0.4, 0.5) is 4.39 Å². The van der Waals surface area contributed by atoms with Gasteiger partial charge in [-0.15, -0.1) is 0 Å². The van der Waals surface area contributed by atoms with Gasteiger partial charge in [0.15, 0.2) is 11.6 Å². The average molecular weight is 308 g/mol. The normalized spacial score (nSPS) is 11.5. The molecule has 0 bridgehead atoms. The third kappa shape index (κ3) is 4.45. The van der Waals surface area contributed by atoms with Gasteiger partial charge < -0.3 is 10.1 Å². The Labute approximate surface area is 129 Å². The first-order chi connectivity index (χ1) is 9.87. The van der Waals surface area contributed by atoms with Crippen molar-refractivity contribution in [3.8, 4) is 11.5 Å². The predicted octanol–water partition coefficient (Wildman–Crippen LogP) is 5.16. The number of rotatable bonds is 4. The lowest BCUT2D eigenvalue weighted by molar-refractivity contribution is 0.407. The second-order valence-electron chi connectivity index (χ2n) is 5.85. The summed E-state index contributed by atoms with van der Waals surface area (Å²) in [7, 11) is 0. The van der Waals surface area contributed by atoms with E-state index in [1.807, 2.05) is 0 Å². The molecule has 0 radical (unpaired) electrons. The minimum Gasteiger partial charge on any atom is -0.454 e. The molecule has 0 fully saturated rings. The fraction of sp³-hybridized carbons (Fsp3) is 0.294. The molecule has 2 nitrogen and oxygen atoms in total. The molecule has 0 saturated carbocycles. The number of ether oxygens (including phenoxy) is 1. The Bertz CT molecular complexity index is 622. The van der Waals surface area contributed by atoms with E-state index in [0.717, 1.165) is 5.56 Å². The lowest BCUT2D eigenvalue weighted by Crippen LogP contribution is -2.35. The van der Waals surface area contributed by atoms with Crippen molar-refractivity contribution in [1.82, 2.24) is 5.32 Å². The summed E-state index contributed by atoms with van der Waals surface area (Å²) in [5.74, 6) is 0.355. The van der Waals surface area contributed by atoms with Crippen molar-refractivity contribution in [3.05, 3.63) is 58.9 Å². The van der Waals surface area contributed by atoms with E-state index in [-0.39, 0.29) is 11.3 Å². The van der Waals surface area contributed by atoms with Crippen molar-refractivity contribution in [2.24, 2.45) is 0 Å². The van der Waals surface area contributed by atoms with Gasteiger partial charge in [-0.2, -0.15) is 0 Å². The molecule has 0 aliphatic heterocycles. The Kier molecular flexibility index (Phi) is 4.86. The second kappa shape index (κ2) is 6.46. The monoisotopic (exact) mass is 307 g/mol. The van der Waals surface area contributed by atoms with Crippen LogP contribution in [0.15, 0.2) is 42.5 Å². The fourth-order valence-electron chi connectivity index (χ4n) is 1.81. The van der Waals surface area contributed by atoms with Crippen LogP contribution in [0.5, 0.6) is 11.5 Å². The first-order valence-corrected chi connectivity index (χ1v) is 7.19. The zero-order chi connectivity index (χ0) is 15.5. The van der Waals surface area contributed by atoms with Gasteiger partial charge in [-0.1, -0.05) is 29.8 Å². The first-order valence-electron chi connectivity index (χ1n) is 6.81. The number of hydrogen-bond donors (Lipinski definition) is 1. The van der Waals surface area contributed by atoms with Gasteiger partial charge in [0.1, 0.15) is 5.75 Å². The maximum absolute atomic E-state index is 13.7. The summed E-state index contributed by atoms with van der Waals surface area (Å²) in [5, 5.41) is 3.96. The van der Waals surface area contributed by atoms with E-state index >= 15 is 0 Å². The van der Waals surface area contributed by atoms with Gasteiger partial charge in [0, 0.05) is 22.7 Å². The molecule has 4 heteroatoms. The van der Waals surface area contributed by atoms with Crippen molar-refractivity contribution < 1.29 is 9.13 Å². The highest BCUT2D eigenvalue weighted by atomic mass is 35.5. The summed E-state index contributed by atoms with van der Waals surface area (Å²) in [6.07, 6.45) is 0. The maximum atomic E-state index is 13.7. The number of benzene rings is 2. The Hall–Kier alpha value is -1.58. The van der Waals surface area contributed by atoms with E-state index in [9.17, 15) is 4.39 Å². The predicted molar refractivity (Wildman–Crippen MR) is 84.5 cm³/mol. The van der Waals surface area contributed by atoms with Gasteiger partial charge in [-0.25, -0.2) is 4.39 Å². The molecule has 0 atom stereocenters. The topological polar surface area (TPSA) is 21.3 Å². The molecular formula is C17H19ClFNO. The van der Waals surface area contributed by atoms with Gasteiger partial charge in [0.25, 0.3) is 0 Å². The quantitative estimate of drug-likeness (QED) is 0.842. The molecule has 2 aromatic carbocycles. The summed E-state index contributed by atoms with van der Waals surface area (Å²) >= 11 is 6.25. The smallest absolute Gasteiger partial charge is 0.165 e. The summed E-state index contributed by atoms with van der Waals surface area (Å²) in [6, 6.07) is 11.7. The van der Waals surface area contributed by atoms with Gasteiger partial charge >= 0.3 is 0 Å². The van der Waals surface area contributed by atoms with Crippen LogP contribution in [0, 0.1) is 5.82 Å². The third-order valence-corrected chi connectivity index (χ3v) is 3.28. The highest BCUT2D eigenvalue weighted by Gasteiger charge is 2.14. The highest BCUT2D eigenvalue weighted by molar-refractivity contribution is 6.31. The van der Waals surface area contributed by atoms with Crippen LogP contribution < -0.4 is 10.1 Å². The van der Waals surface area contributed by atoms with Crippen LogP contribution in [0.1, 0.15) is 26.3 Å². The molecule has 0 heterocycles. The number of para-hydroxylation sites is 1. The maximum Gasteiger partial charge on any atom is 0.165 e. The Morgan fingerprint density at radius 1 is 1.05 bits per heavy atom. The fourth-order valence-corrected chi connectivity index (χ4v) is 2.04. The first kappa shape index (κ1) is 15.8. The molecule has 1 N–H and O–H groups in total. The Morgan fingerprint density at radius 2 is 1.71 bits per heavy atom. The van der Waals surface area contributed by atoms with Crippen LogP contribution >= 0.6 is 11.6 Å². The number of hydrogen-bond acceptors (Lipinski definition) is 2. The highest BCUT2D eigenvalue weighted by Crippen LogP contribution is 2.31. The standard InChI is InChI=1S/C17H19ClFNO/c1-17(2,3)20-11-12-13(18)7-6-10-15(12)21-16-9-5-4-8-14(16)19/h4-10,20H,11H2,1-3H3. The third-order valence-electron chi connectivity index (χ3n) is 2.93. The minimum absolute atomic E-state index is 0.0472. The van der Waals surface area contributed by atoms with Gasteiger partial charge in [-0.3, -0.25) is 0 Å². The van der Waals surface area contributed by atoms with Crippen LogP contribution in [-0.2, 0) is 6.54 Å². The minimum atomic E-state index is -0.396. The summed E-state index contributed by atoms with van der Waals surface area (Å²) in [6.45, 7) is 6.76. The number of nitrogens with one attached hydrogen (secondary N) is 1. The molecule has 0 aliphatic carbocycles. The van der Waals surface area contributed by atoms with E-state index in [1.165, 1.54) is 6.07 Å². The van der Waals surface area contributed by atoms with Crippen molar-refractivity contribution in [3.63, 3.8) is 0 Å². The molecule has 2 aromatic rings. The molecular weight excluding hydrogens is 289 g/mol. The van der Waals surface area contributed by atoms with Crippen LogP contribution in [0.3, 0.4) is 0 Å². The van der Waals surface area contributed by atoms with Gasteiger partial charge in [0.05, 0.1) is 0 Å². The Morgan fingerprint density at radius 3 is 2.38 bits per heavy atom. The SMILES string of the molecule is CC(C)(C)NCc1c(Cl)cccc1Oc1ccccc1F. The Balaban J connectivity index is 2.27. The van der Waals surface area contributed by atoms with Gasteiger partial charge in [-0.05, 0) is 45.0 Å². The average Bonchev–Trinajstić information content (AvgIpc) is 2.39. The molecule has 0 saturated heterocycles. The van der Waals surface area contributed by atoms with Gasteiger partial charge in [0.2, 0.25) is 0 Å².